The standard InChI is InChI=1S/C15H13BrINOS/c16-12-3-1-2-11(8-12)9-20-10-15(19)18-14-6-4-13(17)5-7-14/h1-8H,9-10H2,(H,18,19). The minimum Gasteiger partial charge on any atom is -0.325 e. The van der Waals surface area contributed by atoms with Gasteiger partial charge in [-0.25, -0.2) is 0 Å². The van der Waals surface area contributed by atoms with Crippen LogP contribution in [-0.2, 0) is 10.5 Å². The van der Waals surface area contributed by atoms with Gasteiger partial charge in [0, 0.05) is 19.5 Å². The average molecular weight is 462 g/mol. The van der Waals surface area contributed by atoms with Crippen LogP contribution in [0, 0.1) is 3.57 Å². The van der Waals surface area contributed by atoms with Gasteiger partial charge in [-0.05, 0) is 64.6 Å². The molecule has 0 spiro atoms. The lowest BCUT2D eigenvalue weighted by Gasteiger charge is -2.05. The Balaban J connectivity index is 1.76. The fraction of sp³-hybridized carbons (Fsp3) is 0.133. The Labute approximate surface area is 145 Å². The van der Waals surface area contributed by atoms with E-state index in [1.165, 1.54) is 5.56 Å². The SMILES string of the molecule is O=C(CSCc1cccc(Br)c1)Nc1ccc(I)cc1. The van der Waals surface area contributed by atoms with Crippen molar-refractivity contribution >= 4 is 61.9 Å². The van der Waals surface area contributed by atoms with Crippen LogP contribution < -0.4 is 5.32 Å². The summed E-state index contributed by atoms with van der Waals surface area (Å²) < 4.78 is 2.23. The molecule has 1 amide bonds. The van der Waals surface area contributed by atoms with E-state index in [9.17, 15) is 4.79 Å². The number of anilines is 1. The number of halogens is 2. The van der Waals surface area contributed by atoms with Gasteiger partial charge in [0.2, 0.25) is 5.91 Å². The van der Waals surface area contributed by atoms with Crippen LogP contribution in [0.4, 0.5) is 5.69 Å². The lowest BCUT2D eigenvalue weighted by atomic mass is 10.2. The van der Waals surface area contributed by atoms with Crippen LogP contribution in [0.3, 0.4) is 0 Å². The quantitative estimate of drug-likeness (QED) is 0.640. The van der Waals surface area contributed by atoms with Crippen molar-refractivity contribution in [2.75, 3.05) is 11.1 Å². The largest absolute Gasteiger partial charge is 0.325 e. The Hall–Kier alpha value is -0.530. The van der Waals surface area contributed by atoms with Crippen LogP contribution in [0.5, 0.6) is 0 Å². The molecule has 104 valence electrons. The van der Waals surface area contributed by atoms with Gasteiger partial charge < -0.3 is 5.32 Å². The first kappa shape index (κ1) is 15.9. The number of hydrogen-bond acceptors (Lipinski definition) is 2. The highest BCUT2D eigenvalue weighted by Crippen LogP contribution is 2.17. The Kier molecular flexibility index (Phi) is 6.38. The molecule has 0 aliphatic rings. The smallest absolute Gasteiger partial charge is 0.234 e. The third-order valence-corrected chi connectivity index (χ3v) is 4.74. The highest BCUT2D eigenvalue weighted by Gasteiger charge is 2.03. The summed E-state index contributed by atoms with van der Waals surface area (Å²) in [5, 5.41) is 2.89. The van der Waals surface area contributed by atoms with Crippen molar-refractivity contribution < 1.29 is 4.79 Å². The van der Waals surface area contributed by atoms with Crippen molar-refractivity contribution in [2.45, 2.75) is 5.75 Å². The van der Waals surface area contributed by atoms with E-state index in [4.69, 9.17) is 0 Å². The summed E-state index contributed by atoms with van der Waals surface area (Å²) in [5.41, 5.74) is 2.06. The Morgan fingerprint density at radius 2 is 1.95 bits per heavy atom. The van der Waals surface area contributed by atoms with Crippen LogP contribution in [0.25, 0.3) is 0 Å². The van der Waals surface area contributed by atoms with E-state index < -0.39 is 0 Å². The monoisotopic (exact) mass is 461 g/mol. The van der Waals surface area contributed by atoms with Gasteiger partial charge >= 0.3 is 0 Å². The van der Waals surface area contributed by atoms with E-state index >= 15 is 0 Å². The first-order valence-corrected chi connectivity index (χ1v) is 9.04. The van der Waals surface area contributed by atoms with Crippen LogP contribution in [0.2, 0.25) is 0 Å². The summed E-state index contributed by atoms with van der Waals surface area (Å²) in [7, 11) is 0. The molecule has 2 nitrogen and oxygen atoms in total. The molecule has 2 rings (SSSR count). The highest BCUT2D eigenvalue weighted by atomic mass is 127. The van der Waals surface area contributed by atoms with Crippen LogP contribution >= 0.6 is 50.3 Å². The summed E-state index contributed by atoms with van der Waals surface area (Å²) in [6.07, 6.45) is 0. The molecular weight excluding hydrogens is 449 g/mol. The molecule has 0 radical (unpaired) electrons. The maximum Gasteiger partial charge on any atom is 0.234 e. The normalized spacial score (nSPS) is 10.3. The number of hydrogen-bond donors (Lipinski definition) is 1. The van der Waals surface area contributed by atoms with Gasteiger partial charge in [-0.2, -0.15) is 0 Å². The Morgan fingerprint density at radius 3 is 2.65 bits per heavy atom. The predicted octanol–water partition coefficient (Wildman–Crippen LogP) is 4.93. The maximum absolute atomic E-state index is 11.8. The van der Waals surface area contributed by atoms with E-state index in [1.54, 1.807) is 11.8 Å². The van der Waals surface area contributed by atoms with E-state index in [0.717, 1.165) is 19.5 Å². The minimum absolute atomic E-state index is 0.0335. The van der Waals surface area contributed by atoms with Gasteiger partial charge in [0.05, 0.1) is 5.75 Å². The van der Waals surface area contributed by atoms with E-state index in [2.05, 4.69) is 56.0 Å². The Bertz CT molecular complexity index is 589. The Morgan fingerprint density at radius 1 is 1.20 bits per heavy atom. The lowest BCUT2D eigenvalue weighted by molar-refractivity contribution is -0.113. The molecular formula is C15H13BrINOS. The number of benzene rings is 2. The van der Waals surface area contributed by atoms with Crippen LogP contribution in [0.1, 0.15) is 5.56 Å². The molecule has 20 heavy (non-hydrogen) atoms. The summed E-state index contributed by atoms with van der Waals surface area (Å²) in [5.74, 6) is 1.32. The topological polar surface area (TPSA) is 29.1 Å². The van der Waals surface area contributed by atoms with Crippen molar-refractivity contribution in [2.24, 2.45) is 0 Å². The molecule has 2 aromatic rings. The second-order valence-electron chi connectivity index (χ2n) is 4.18. The minimum atomic E-state index is 0.0335. The van der Waals surface area contributed by atoms with E-state index in [0.29, 0.717) is 5.75 Å². The number of amides is 1. The van der Waals surface area contributed by atoms with Gasteiger partial charge in [0.25, 0.3) is 0 Å². The molecule has 1 N–H and O–H groups in total. The van der Waals surface area contributed by atoms with Gasteiger partial charge in [0.1, 0.15) is 0 Å². The third-order valence-electron chi connectivity index (χ3n) is 2.52. The molecule has 0 aromatic heterocycles. The van der Waals surface area contributed by atoms with Crippen molar-refractivity contribution in [3.8, 4) is 0 Å². The van der Waals surface area contributed by atoms with Gasteiger partial charge in [-0.15, -0.1) is 11.8 Å². The number of thioether (sulfide) groups is 1. The van der Waals surface area contributed by atoms with Crippen LogP contribution in [0.15, 0.2) is 53.0 Å². The number of carbonyl (C=O) groups excluding carboxylic acids is 1. The number of rotatable bonds is 5. The summed E-state index contributed by atoms with van der Waals surface area (Å²) in [6.45, 7) is 0. The number of nitrogens with one attached hydrogen (secondary N) is 1. The zero-order chi connectivity index (χ0) is 14.4. The summed E-state index contributed by atoms with van der Waals surface area (Å²) >= 11 is 7.30. The predicted molar refractivity (Wildman–Crippen MR) is 98.1 cm³/mol. The second-order valence-corrected chi connectivity index (χ2v) is 7.32. The molecule has 0 fully saturated rings. The molecule has 0 heterocycles. The van der Waals surface area contributed by atoms with E-state index in [-0.39, 0.29) is 5.91 Å². The van der Waals surface area contributed by atoms with Gasteiger partial charge in [-0.3, -0.25) is 4.79 Å². The van der Waals surface area contributed by atoms with Gasteiger partial charge in [0.15, 0.2) is 0 Å². The lowest BCUT2D eigenvalue weighted by Crippen LogP contribution is -2.14. The van der Waals surface area contributed by atoms with Gasteiger partial charge in [-0.1, -0.05) is 28.1 Å². The maximum atomic E-state index is 11.8. The molecule has 0 saturated carbocycles. The average Bonchev–Trinajstić information content (AvgIpc) is 2.41. The fourth-order valence-corrected chi connectivity index (χ4v) is 3.20. The molecule has 0 saturated heterocycles. The first-order valence-electron chi connectivity index (χ1n) is 6.01. The molecule has 0 aliphatic carbocycles. The molecule has 0 bridgehead atoms. The second kappa shape index (κ2) is 8.05. The van der Waals surface area contributed by atoms with Crippen LogP contribution in [-0.4, -0.2) is 11.7 Å². The van der Waals surface area contributed by atoms with Crippen molar-refractivity contribution in [1.29, 1.82) is 0 Å². The third kappa shape index (κ3) is 5.46. The zero-order valence-electron chi connectivity index (χ0n) is 10.6. The summed E-state index contributed by atoms with van der Waals surface area (Å²) in [4.78, 5) is 11.8. The zero-order valence-corrected chi connectivity index (χ0v) is 15.2. The summed E-state index contributed by atoms with van der Waals surface area (Å²) in [6, 6.07) is 15.9. The first-order chi connectivity index (χ1) is 9.63. The molecule has 5 heteroatoms. The number of carbonyl (C=O) groups is 1. The molecule has 0 atom stereocenters. The van der Waals surface area contributed by atoms with Crippen molar-refractivity contribution in [3.05, 3.63) is 62.1 Å². The van der Waals surface area contributed by atoms with Crippen molar-refractivity contribution in [3.63, 3.8) is 0 Å². The van der Waals surface area contributed by atoms with E-state index in [1.807, 2.05) is 36.4 Å². The molecule has 2 aromatic carbocycles. The van der Waals surface area contributed by atoms with Crippen molar-refractivity contribution in [1.82, 2.24) is 0 Å². The molecule has 0 aliphatic heterocycles. The fourth-order valence-electron chi connectivity index (χ4n) is 1.62. The molecule has 0 unspecified atom stereocenters. The highest BCUT2D eigenvalue weighted by molar-refractivity contribution is 14.1.